The molecule has 0 bridgehead atoms. The minimum atomic E-state index is -0.282. The molecule has 0 saturated carbocycles. The molecular weight excluding hydrogens is 400 g/mol. The zero-order valence-corrected chi connectivity index (χ0v) is 18.4. The van der Waals surface area contributed by atoms with Crippen molar-refractivity contribution >= 4 is 17.6 Å². The molecular formula is C24H31ClN2O3. The van der Waals surface area contributed by atoms with Crippen LogP contribution in [0, 0.1) is 0 Å². The molecule has 1 saturated heterocycles. The van der Waals surface area contributed by atoms with Crippen LogP contribution in [-0.4, -0.2) is 68.3 Å². The SMILES string of the molecule is CCCOC(=O)COCCN1CCN(C(c2ccccc2)c2ccc(Cl)cc2)CC1. The molecule has 1 heterocycles. The molecule has 1 aliphatic rings. The largest absolute Gasteiger partial charge is 0.464 e. The van der Waals surface area contributed by atoms with Gasteiger partial charge in [-0.1, -0.05) is 61.0 Å². The number of ether oxygens (including phenoxy) is 2. The van der Waals surface area contributed by atoms with Gasteiger partial charge in [-0.2, -0.15) is 0 Å². The van der Waals surface area contributed by atoms with Crippen LogP contribution >= 0.6 is 11.6 Å². The van der Waals surface area contributed by atoms with Crippen molar-refractivity contribution < 1.29 is 14.3 Å². The molecule has 2 aromatic carbocycles. The Labute approximate surface area is 184 Å². The molecule has 5 nitrogen and oxygen atoms in total. The van der Waals surface area contributed by atoms with Gasteiger partial charge in [0.2, 0.25) is 0 Å². The van der Waals surface area contributed by atoms with E-state index in [0.717, 1.165) is 44.2 Å². The van der Waals surface area contributed by atoms with Gasteiger partial charge in [0, 0.05) is 37.7 Å². The van der Waals surface area contributed by atoms with E-state index in [0.29, 0.717) is 13.2 Å². The normalized spacial score (nSPS) is 16.3. The van der Waals surface area contributed by atoms with Crippen LogP contribution in [0.3, 0.4) is 0 Å². The summed E-state index contributed by atoms with van der Waals surface area (Å²) in [6, 6.07) is 19.0. The number of hydrogen-bond donors (Lipinski definition) is 0. The summed E-state index contributed by atoms with van der Waals surface area (Å²) in [7, 11) is 0. The van der Waals surface area contributed by atoms with Crippen molar-refractivity contribution in [3.63, 3.8) is 0 Å². The smallest absolute Gasteiger partial charge is 0.332 e. The Hall–Kier alpha value is -1.92. The summed E-state index contributed by atoms with van der Waals surface area (Å²) in [5.74, 6) is -0.282. The first kappa shape index (κ1) is 22.8. The number of nitrogens with zero attached hydrogens (tertiary/aromatic N) is 2. The van der Waals surface area contributed by atoms with Crippen molar-refractivity contribution in [2.75, 3.05) is 52.5 Å². The number of halogens is 1. The zero-order chi connectivity index (χ0) is 21.2. The highest BCUT2D eigenvalue weighted by Gasteiger charge is 2.26. The lowest BCUT2D eigenvalue weighted by Gasteiger charge is -2.39. The third-order valence-corrected chi connectivity index (χ3v) is 5.56. The Balaban J connectivity index is 1.51. The minimum absolute atomic E-state index is 0.0343. The molecule has 30 heavy (non-hydrogen) atoms. The fraction of sp³-hybridized carbons (Fsp3) is 0.458. The molecule has 0 spiro atoms. The van der Waals surface area contributed by atoms with Gasteiger partial charge < -0.3 is 9.47 Å². The van der Waals surface area contributed by atoms with E-state index in [1.54, 1.807) is 0 Å². The molecule has 0 amide bonds. The fourth-order valence-electron chi connectivity index (χ4n) is 3.75. The summed E-state index contributed by atoms with van der Waals surface area (Å²) in [5, 5.41) is 0.758. The van der Waals surface area contributed by atoms with Crippen molar-refractivity contribution in [1.29, 1.82) is 0 Å². The first-order chi connectivity index (χ1) is 14.7. The first-order valence-electron chi connectivity index (χ1n) is 10.7. The number of rotatable bonds is 10. The van der Waals surface area contributed by atoms with E-state index in [1.165, 1.54) is 11.1 Å². The fourth-order valence-corrected chi connectivity index (χ4v) is 3.87. The van der Waals surface area contributed by atoms with Crippen LogP contribution in [0.15, 0.2) is 54.6 Å². The maximum atomic E-state index is 11.5. The van der Waals surface area contributed by atoms with E-state index < -0.39 is 0 Å². The molecule has 1 unspecified atom stereocenters. The molecule has 2 aromatic rings. The van der Waals surface area contributed by atoms with Crippen molar-refractivity contribution in [3.05, 3.63) is 70.7 Å². The van der Waals surface area contributed by atoms with Gasteiger partial charge in [0.05, 0.1) is 19.3 Å². The number of benzene rings is 2. The highest BCUT2D eigenvalue weighted by Crippen LogP contribution is 2.30. The predicted molar refractivity (Wildman–Crippen MR) is 120 cm³/mol. The van der Waals surface area contributed by atoms with E-state index in [4.69, 9.17) is 21.1 Å². The van der Waals surface area contributed by atoms with E-state index in [2.05, 4.69) is 52.3 Å². The monoisotopic (exact) mass is 430 g/mol. The van der Waals surface area contributed by atoms with E-state index in [9.17, 15) is 4.79 Å². The van der Waals surface area contributed by atoms with Crippen LogP contribution in [0.1, 0.15) is 30.5 Å². The second-order valence-corrected chi connectivity index (χ2v) is 7.95. The third-order valence-electron chi connectivity index (χ3n) is 5.31. The molecule has 1 aliphatic heterocycles. The molecule has 0 radical (unpaired) electrons. The number of piperazine rings is 1. The Morgan fingerprint density at radius 1 is 0.967 bits per heavy atom. The van der Waals surface area contributed by atoms with E-state index in [1.807, 2.05) is 19.1 Å². The molecule has 1 fully saturated rings. The predicted octanol–water partition coefficient (Wildman–Crippen LogP) is 4.02. The first-order valence-corrected chi connectivity index (χ1v) is 11.1. The van der Waals surface area contributed by atoms with E-state index in [-0.39, 0.29) is 18.6 Å². The molecule has 162 valence electrons. The number of carbonyl (C=O) groups excluding carboxylic acids is 1. The summed E-state index contributed by atoms with van der Waals surface area (Å²) in [6.45, 7) is 7.73. The van der Waals surface area contributed by atoms with Crippen LogP contribution in [0.4, 0.5) is 0 Å². The maximum Gasteiger partial charge on any atom is 0.332 e. The maximum absolute atomic E-state index is 11.5. The summed E-state index contributed by atoms with van der Waals surface area (Å²) in [4.78, 5) is 16.4. The van der Waals surface area contributed by atoms with Crippen LogP contribution in [0.25, 0.3) is 0 Å². The van der Waals surface area contributed by atoms with Crippen LogP contribution < -0.4 is 0 Å². The lowest BCUT2D eigenvalue weighted by molar-refractivity contribution is -0.149. The number of hydrogen-bond acceptors (Lipinski definition) is 5. The Kier molecular flexibility index (Phi) is 9.15. The van der Waals surface area contributed by atoms with Gasteiger partial charge in [0.15, 0.2) is 0 Å². The van der Waals surface area contributed by atoms with Crippen LogP contribution in [0.5, 0.6) is 0 Å². The van der Waals surface area contributed by atoms with E-state index >= 15 is 0 Å². The lowest BCUT2D eigenvalue weighted by atomic mass is 9.96. The summed E-state index contributed by atoms with van der Waals surface area (Å²) in [6.07, 6.45) is 0.829. The van der Waals surface area contributed by atoms with Gasteiger partial charge >= 0.3 is 5.97 Å². The molecule has 1 atom stereocenters. The number of esters is 1. The number of carbonyl (C=O) groups is 1. The average Bonchev–Trinajstić information content (AvgIpc) is 2.78. The van der Waals surface area contributed by atoms with Gasteiger partial charge in [-0.15, -0.1) is 0 Å². The Morgan fingerprint density at radius 2 is 1.63 bits per heavy atom. The molecule has 6 heteroatoms. The second kappa shape index (κ2) is 12.1. The molecule has 3 rings (SSSR count). The summed E-state index contributed by atoms with van der Waals surface area (Å²) in [5.41, 5.74) is 2.55. The second-order valence-electron chi connectivity index (χ2n) is 7.52. The Morgan fingerprint density at radius 3 is 2.30 bits per heavy atom. The minimum Gasteiger partial charge on any atom is -0.464 e. The molecule has 0 aliphatic carbocycles. The lowest BCUT2D eigenvalue weighted by Crippen LogP contribution is -2.48. The third kappa shape index (κ3) is 6.81. The van der Waals surface area contributed by atoms with Gasteiger partial charge in [0.1, 0.15) is 6.61 Å². The summed E-state index contributed by atoms with van der Waals surface area (Å²) >= 11 is 6.11. The van der Waals surface area contributed by atoms with Crippen molar-refractivity contribution in [3.8, 4) is 0 Å². The van der Waals surface area contributed by atoms with Crippen LogP contribution in [0.2, 0.25) is 5.02 Å². The van der Waals surface area contributed by atoms with Gasteiger partial charge in [0.25, 0.3) is 0 Å². The Bertz CT molecular complexity index is 762. The highest BCUT2D eigenvalue weighted by molar-refractivity contribution is 6.30. The summed E-state index contributed by atoms with van der Waals surface area (Å²) < 4.78 is 10.5. The van der Waals surface area contributed by atoms with Crippen molar-refractivity contribution in [1.82, 2.24) is 9.80 Å². The van der Waals surface area contributed by atoms with Gasteiger partial charge in [-0.05, 0) is 29.7 Å². The molecule has 0 aromatic heterocycles. The van der Waals surface area contributed by atoms with Crippen molar-refractivity contribution in [2.45, 2.75) is 19.4 Å². The quantitative estimate of drug-likeness (QED) is 0.420. The van der Waals surface area contributed by atoms with Gasteiger partial charge in [-0.3, -0.25) is 9.80 Å². The topological polar surface area (TPSA) is 42.0 Å². The molecule has 0 N–H and O–H groups in total. The standard InChI is InChI=1S/C24H31ClN2O3/c1-2-17-30-23(28)19-29-18-16-26-12-14-27(15-13-26)24(20-6-4-3-5-7-20)21-8-10-22(25)11-9-21/h3-11,24H,2,12-19H2,1H3. The van der Waals surface area contributed by atoms with Crippen molar-refractivity contribution in [2.24, 2.45) is 0 Å². The average molecular weight is 431 g/mol. The van der Waals surface area contributed by atoms with Gasteiger partial charge in [-0.25, -0.2) is 4.79 Å². The van der Waals surface area contributed by atoms with Crippen LogP contribution in [-0.2, 0) is 14.3 Å². The highest BCUT2D eigenvalue weighted by atomic mass is 35.5. The zero-order valence-electron chi connectivity index (χ0n) is 17.6.